The Hall–Kier alpha value is -2.25. The van der Waals surface area contributed by atoms with Gasteiger partial charge in [-0.25, -0.2) is 13.6 Å². The molecule has 2 rings (SSSR count). The van der Waals surface area contributed by atoms with Gasteiger partial charge in [-0.3, -0.25) is 0 Å². The molecule has 0 radical (unpaired) electrons. The maximum atomic E-state index is 11.1. The van der Waals surface area contributed by atoms with E-state index in [9.17, 15) is 8.42 Å². The van der Waals surface area contributed by atoms with E-state index in [1.165, 1.54) is 12.1 Å². The molecule has 2 aromatic carbocycles. The van der Waals surface area contributed by atoms with E-state index in [1.54, 1.807) is 36.4 Å². The molecule has 0 aliphatic rings. The molecule has 0 saturated heterocycles. The second-order valence-corrected chi connectivity index (χ2v) is 5.85. The zero-order chi connectivity index (χ0) is 15.3. The quantitative estimate of drug-likeness (QED) is 0.619. The van der Waals surface area contributed by atoms with Crippen LogP contribution >= 0.6 is 0 Å². The summed E-state index contributed by atoms with van der Waals surface area (Å²) in [5.41, 5.74) is 6.26. The largest absolute Gasteiger partial charge is 0.490 e. The lowest BCUT2D eigenvalue weighted by molar-refractivity contribution is 0.217. The van der Waals surface area contributed by atoms with E-state index in [0.29, 0.717) is 30.4 Å². The van der Waals surface area contributed by atoms with Crippen LogP contribution in [0.4, 0.5) is 5.69 Å². The maximum absolute atomic E-state index is 11.1. The van der Waals surface area contributed by atoms with Crippen molar-refractivity contribution in [3.05, 3.63) is 48.5 Å². The first-order valence-electron chi connectivity index (χ1n) is 6.19. The summed E-state index contributed by atoms with van der Waals surface area (Å²) in [5.74, 6) is 1.21. The molecule has 0 spiro atoms. The summed E-state index contributed by atoms with van der Waals surface area (Å²) in [4.78, 5) is 0.0471. The fourth-order valence-corrected chi connectivity index (χ4v) is 2.16. The van der Waals surface area contributed by atoms with Crippen molar-refractivity contribution in [3.63, 3.8) is 0 Å². The lowest BCUT2D eigenvalue weighted by Gasteiger charge is -2.09. The zero-order valence-electron chi connectivity index (χ0n) is 11.2. The third-order valence-corrected chi connectivity index (χ3v) is 3.56. The van der Waals surface area contributed by atoms with Crippen LogP contribution in [0.1, 0.15) is 0 Å². The normalized spacial score (nSPS) is 11.1. The van der Waals surface area contributed by atoms with Gasteiger partial charge >= 0.3 is 0 Å². The Morgan fingerprint density at radius 2 is 1.52 bits per heavy atom. The summed E-state index contributed by atoms with van der Waals surface area (Å²) >= 11 is 0. The molecule has 0 atom stereocenters. The molecule has 7 heteroatoms. The van der Waals surface area contributed by atoms with Crippen molar-refractivity contribution >= 4 is 15.7 Å². The molecule has 0 unspecified atom stereocenters. The third-order valence-electron chi connectivity index (χ3n) is 2.63. The number of anilines is 1. The summed E-state index contributed by atoms with van der Waals surface area (Å²) in [6.45, 7) is 0.671. The van der Waals surface area contributed by atoms with Gasteiger partial charge in [-0.15, -0.1) is 0 Å². The Morgan fingerprint density at radius 1 is 0.905 bits per heavy atom. The number of hydrogen-bond acceptors (Lipinski definition) is 5. The number of hydrogen-bond donors (Lipinski definition) is 2. The van der Waals surface area contributed by atoms with Crippen LogP contribution in [-0.4, -0.2) is 21.6 Å². The van der Waals surface area contributed by atoms with Gasteiger partial charge in [0.25, 0.3) is 0 Å². The van der Waals surface area contributed by atoms with E-state index in [1.807, 2.05) is 0 Å². The number of benzene rings is 2. The minimum atomic E-state index is -3.68. The fourth-order valence-electron chi connectivity index (χ4n) is 1.65. The number of sulfonamides is 1. The minimum absolute atomic E-state index is 0.0471. The summed E-state index contributed by atoms with van der Waals surface area (Å²) in [5, 5.41) is 5.01. The van der Waals surface area contributed by atoms with Crippen LogP contribution in [0, 0.1) is 0 Å². The van der Waals surface area contributed by atoms with Crippen LogP contribution in [0.2, 0.25) is 0 Å². The Kier molecular flexibility index (Phi) is 4.66. The van der Waals surface area contributed by atoms with Crippen molar-refractivity contribution in [2.45, 2.75) is 4.90 Å². The second-order valence-electron chi connectivity index (χ2n) is 4.29. The van der Waals surface area contributed by atoms with Crippen LogP contribution in [0.3, 0.4) is 0 Å². The Bertz CT molecular complexity index is 699. The van der Waals surface area contributed by atoms with Crippen molar-refractivity contribution in [1.82, 2.24) is 0 Å². The third kappa shape index (κ3) is 4.66. The molecule has 0 bridgehead atoms. The smallest absolute Gasteiger partial charge is 0.238 e. The molecule has 0 aromatic heterocycles. The van der Waals surface area contributed by atoms with E-state index in [2.05, 4.69) is 0 Å². The fraction of sp³-hybridized carbons (Fsp3) is 0.143. The maximum Gasteiger partial charge on any atom is 0.238 e. The second kappa shape index (κ2) is 6.47. The minimum Gasteiger partial charge on any atom is -0.490 e. The summed E-state index contributed by atoms with van der Waals surface area (Å²) in [7, 11) is -3.68. The lowest BCUT2D eigenvalue weighted by Crippen LogP contribution is -2.12. The summed E-state index contributed by atoms with van der Waals surface area (Å²) in [6.07, 6.45) is 0. The lowest BCUT2D eigenvalue weighted by atomic mass is 10.3. The molecular formula is C14H16N2O4S. The monoisotopic (exact) mass is 308 g/mol. The molecule has 6 nitrogen and oxygen atoms in total. The molecular weight excluding hydrogens is 292 g/mol. The predicted octanol–water partition coefficient (Wildman–Crippen LogP) is 1.37. The summed E-state index contributed by atoms with van der Waals surface area (Å²) in [6, 6.07) is 13.0. The number of primary sulfonamides is 1. The van der Waals surface area contributed by atoms with Gasteiger partial charge in [0, 0.05) is 11.8 Å². The van der Waals surface area contributed by atoms with Gasteiger partial charge in [0.2, 0.25) is 10.0 Å². The van der Waals surface area contributed by atoms with E-state index in [-0.39, 0.29) is 4.90 Å². The number of rotatable bonds is 6. The number of nitrogens with two attached hydrogens (primary N) is 2. The van der Waals surface area contributed by atoms with E-state index < -0.39 is 10.0 Å². The highest BCUT2D eigenvalue weighted by Gasteiger charge is 2.06. The standard InChI is InChI=1S/C14H16N2O4S/c15-11-2-1-3-13(10-11)20-9-8-19-12-4-6-14(7-5-12)21(16,17)18/h1-7,10H,8-9,15H2,(H2,16,17,18). The molecule has 4 N–H and O–H groups in total. The first kappa shape index (κ1) is 15.1. The van der Waals surface area contributed by atoms with Gasteiger partial charge in [-0.1, -0.05) is 6.07 Å². The predicted molar refractivity (Wildman–Crippen MR) is 79.7 cm³/mol. The first-order valence-corrected chi connectivity index (χ1v) is 7.74. The molecule has 112 valence electrons. The van der Waals surface area contributed by atoms with Crippen LogP contribution in [0.25, 0.3) is 0 Å². The Balaban J connectivity index is 1.81. The number of ether oxygens (including phenoxy) is 2. The molecule has 0 amide bonds. The van der Waals surface area contributed by atoms with Gasteiger partial charge in [-0.2, -0.15) is 0 Å². The van der Waals surface area contributed by atoms with Crippen molar-refractivity contribution in [2.75, 3.05) is 18.9 Å². The highest BCUT2D eigenvalue weighted by Crippen LogP contribution is 2.16. The highest BCUT2D eigenvalue weighted by atomic mass is 32.2. The van der Waals surface area contributed by atoms with Crippen molar-refractivity contribution < 1.29 is 17.9 Å². The molecule has 2 aromatic rings. The van der Waals surface area contributed by atoms with Crippen molar-refractivity contribution in [2.24, 2.45) is 5.14 Å². The van der Waals surface area contributed by atoms with Gasteiger partial charge in [0.1, 0.15) is 24.7 Å². The number of nitrogen functional groups attached to an aromatic ring is 1. The first-order chi connectivity index (χ1) is 9.95. The molecule has 0 saturated carbocycles. The van der Waals surface area contributed by atoms with E-state index in [0.717, 1.165) is 0 Å². The van der Waals surface area contributed by atoms with E-state index >= 15 is 0 Å². The molecule has 0 aliphatic carbocycles. The van der Waals surface area contributed by atoms with Gasteiger partial charge < -0.3 is 15.2 Å². The van der Waals surface area contributed by atoms with Crippen LogP contribution in [0.15, 0.2) is 53.4 Å². The van der Waals surface area contributed by atoms with Gasteiger partial charge in [0.15, 0.2) is 0 Å². The van der Waals surface area contributed by atoms with E-state index in [4.69, 9.17) is 20.3 Å². The van der Waals surface area contributed by atoms with Gasteiger partial charge in [-0.05, 0) is 36.4 Å². The van der Waals surface area contributed by atoms with Crippen molar-refractivity contribution in [3.8, 4) is 11.5 Å². The molecule has 21 heavy (non-hydrogen) atoms. The molecule has 0 fully saturated rings. The SMILES string of the molecule is Nc1cccc(OCCOc2ccc(S(N)(=O)=O)cc2)c1. The topological polar surface area (TPSA) is 105 Å². The Morgan fingerprint density at radius 3 is 2.10 bits per heavy atom. The average molecular weight is 308 g/mol. The van der Waals surface area contributed by atoms with Crippen molar-refractivity contribution in [1.29, 1.82) is 0 Å². The molecule has 0 heterocycles. The van der Waals surface area contributed by atoms with Crippen LogP contribution < -0.4 is 20.3 Å². The van der Waals surface area contributed by atoms with Crippen LogP contribution in [0.5, 0.6) is 11.5 Å². The summed E-state index contributed by atoms with van der Waals surface area (Å²) < 4.78 is 33.1. The zero-order valence-corrected chi connectivity index (χ0v) is 12.0. The van der Waals surface area contributed by atoms with Crippen LogP contribution in [-0.2, 0) is 10.0 Å². The Labute approximate surface area is 123 Å². The average Bonchev–Trinajstić information content (AvgIpc) is 2.43. The molecule has 0 aliphatic heterocycles. The highest BCUT2D eigenvalue weighted by molar-refractivity contribution is 7.89. The van der Waals surface area contributed by atoms with Gasteiger partial charge in [0.05, 0.1) is 4.90 Å².